The molecule has 162 valence electrons. The first-order chi connectivity index (χ1) is 14.7. The van der Waals surface area contributed by atoms with Crippen molar-refractivity contribution >= 4 is 29.1 Å². The number of aromatic nitrogens is 1. The van der Waals surface area contributed by atoms with Gasteiger partial charge in [0.2, 0.25) is 0 Å². The van der Waals surface area contributed by atoms with Crippen LogP contribution in [0.1, 0.15) is 29.9 Å². The molecule has 2 unspecified atom stereocenters. The van der Waals surface area contributed by atoms with Crippen LogP contribution in [-0.4, -0.2) is 79.7 Å². The zero-order valence-electron chi connectivity index (χ0n) is 17.8. The van der Waals surface area contributed by atoms with E-state index in [1.165, 1.54) is 27.1 Å². The maximum Gasteiger partial charge on any atom is 0.294 e. The highest BCUT2D eigenvalue weighted by molar-refractivity contribution is 7.98. The Labute approximate surface area is 182 Å². The molecule has 0 spiro atoms. The third-order valence-electron chi connectivity index (χ3n) is 7.30. The van der Waals surface area contributed by atoms with Gasteiger partial charge in [0, 0.05) is 48.9 Å². The number of likely N-dealkylation sites (tertiary alicyclic amines) is 1. The number of fused-ring (bicyclic) bond motifs is 2. The Balaban J connectivity index is 1.41. The molecule has 2 saturated heterocycles. The van der Waals surface area contributed by atoms with Crippen LogP contribution in [0.15, 0.2) is 23.2 Å². The van der Waals surface area contributed by atoms with Crippen LogP contribution >= 0.6 is 11.8 Å². The second-order valence-electron chi connectivity index (χ2n) is 8.90. The standard InChI is InChI=1S/C23H31N3O3S/c1-25-13-15(11-21(29-14-27)26-6-8-28-9-7-26)10-17-16-4-3-5-19-22(16)18(12-20(17)25)23(24-19)30-2/h3-5,14-15,17,20-21,24H,6-13H2,1-2H3/t15?,17-,20-,21?/m1/s1. The number of H-pyrrole nitrogens is 1. The monoisotopic (exact) mass is 429 g/mol. The highest BCUT2D eigenvalue weighted by Crippen LogP contribution is 2.47. The quantitative estimate of drug-likeness (QED) is 0.563. The van der Waals surface area contributed by atoms with E-state index < -0.39 is 0 Å². The van der Waals surface area contributed by atoms with Gasteiger partial charge in [0.1, 0.15) is 0 Å². The zero-order chi connectivity index (χ0) is 20.7. The van der Waals surface area contributed by atoms with Crippen molar-refractivity contribution in [2.45, 2.75) is 42.5 Å². The lowest BCUT2D eigenvalue weighted by Crippen LogP contribution is -2.50. The summed E-state index contributed by atoms with van der Waals surface area (Å²) in [7, 11) is 2.27. The van der Waals surface area contributed by atoms with Gasteiger partial charge in [-0.1, -0.05) is 12.1 Å². The highest BCUT2D eigenvalue weighted by atomic mass is 32.2. The summed E-state index contributed by atoms with van der Waals surface area (Å²) in [5.41, 5.74) is 4.26. The third-order valence-corrected chi connectivity index (χ3v) is 8.06. The largest absolute Gasteiger partial charge is 0.449 e. The number of thioether (sulfide) groups is 1. The average molecular weight is 430 g/mol. The Kier molecular flexibility index (Phi) is 5.79. The number of carbonyl (C=O) groups is 1. The number of carbonyl (C=O) groups excluding carboxylic acids is 1. The molecule has 2 aliphatic heterocycles. The van der Waals surface area contributed by atoms with Gasteiger partial charge in [-0.25, -0.2) is 0 Å². The van der Waals surface area contributed by atoms with Crippen molar-refractivity contribution < 1.29 is 14.3 Å². The van der Waals surface area contributed by atoms with E-state index in [-0.39, 0.29) is 6.23 Å². The molecule has 0 amide bonds. The summed E-state index contributed by atoms with van der Waals surface area (Å²) in [5.74, 6) is 1.02. The molecule has 7 heteroatoms. The van der Waals surface area contributed by atoms with Crippen molar-refractivity contribution in [1.29, 1.82) is 0 Å². The second kappa shape index (κ2) is 8.54. The number of morpholine rings is 1. The number of ether oxygens (including phenoxy) is 2. The normalized spacial score (nSPS) is 28.3. The SMILES string of the molecule is CSc1[nH]c2cccc3c2c1C[C@@H]1[C@@H]3CC(CC(OC=O)N2CCOCC2)CN1C. The van der Waals surface area contributed by atoms with Gasteiger partial charge in [0.15, 0.2) is 6.23 Å². The zero-order valence-corrected chi connectivity index (χ0v) is 18.6. The van der Waals surface area contributed by atoms with Gasteiger partial charge in [-0.05, 0) is 49.3 Å². The highest BCUT2D eigenvalue weighted by Gasteiger charge is 2.41. The molecule has 2 aromatic rings. The Morgan fingerprint density at radius 3 is 2.97 bits per heavy atom. The lowest BCUT2D eigenvalue weighted by atomic mass is 9.71. The molecule has 2 fully saturated rings. The van der Waals surface area contributed by atoms with Gasteiger partial charge in [0.25, 0.3) is 6.47 Å². The summed E-state index contributed by atoms with van der Waals surface area (Å²) < 4.78 is 11.0. The Bertz CT molecular complexity index is 910. The van der Waals surface area contributed by atoms with Gasteiger partial charge in [-0.3, -0.25) is 9.69 Å². The van der Waals surface area contributed by atoms with Crippen molar-refractivity contribution in [1.82, 2.24) is 14.8 Å². The van der Waals surface area contributed by atoms with E-state index in [1.54, 1.807) is 0 Å². The molecule has 1 N–H and O–H groups in total. The summed E-state index contributed by atoms with van der Waals surface area (Å²) in [6, 6.07) is 7.27. The molecule has 1 aromatic heterocycles. The summed E-state index contributed by atoms with van der Waals surface area (Å²) in [4.78, 5) is 19.6. The smallest absolute Gasteiger partial charge is 0.294 e. The number of aromatic amines is 1. The van der Waals surface area contributed by atoms with Gasteiger partial charge < -0.3 is 19.4 Å². The maximum absolute atomic E-state index is 11.2. The molecule has 3 aliphatic rings. The number of piperidine rings is 1. The van der Waals surface area contributed by atoms with E-state index in [4.69, 9.17) is 9.47 Å². The van der Waals surface area contributed by atoms with Gasteiger partial charge in [-0.2, -0.15) is 0 Å². The van der Waals surface area contributed by atoms with Crippen LogP contribution in [0.25, 0.3) is 10.9 Å². The predicted octanol–water partition coefficient (Wildman–Crippen LogP) is 3.07. The van der Waals surface area contributed by atoms with E-state index in [1.807, 2.05) is 11.8 Å². The summed E-state index contributed by atoms with van der Waals surface area (Å²) in [5, 5.41) is 2.77. The fourth-order valence-corrected chi connectivity index (χ4v) is 6.60. The van der Waals surface area contributed by atoms with Crippen LogP contribution < -0.4 is 0 Å². The van der Waals surface area contributed by atoms with Crippen molar-refractivity contribution in [2.75, 3.05) is 46.2 Å². The molecule has 30 heavy (non-hydrogen) atoms. The van der Waals surface area contributed by atoms with Gasteiger partial charge in [-0.15, -0.1) is 11.8 Å². The number of nitrogens with zero attached hydrogens (tertiary/aromatic N) is 2. The van der Waals surface area contributed by atoms with Crippen molar-refractivity contribution in [2.24, 2.45) is 5.92 Å². The third kappa shape index (κ3) is 3.55. The van der Waals surface area contributed by atoms with Crippen LogP contribution in [0.5, 0.6) is 0 Å². The maximum atomic E-state index is 11.2. The molecule has 5 rings (SSSR count). The summed E-state index contributed by atoms with van der Waals surface area (Å²) in [6.07, 6.45) is 5.16. The van der Waals surface area contributed by atoms with E-state index in [9.17, 15) is 4.79 Å². The minimum atomic E-state index is -0.147. The second-order valence-corrected chi connectivity index (χ2v) is 9.71. The molecular formula is C23H31N3O3S. The first kappa shape index (κ1) is 20.4. The lowest BCUT2D eigenvalue weighted by Gasteiger charge is -2.46. The van der Waals surface area contributed by atoms with E-state index >= 15 is 0 Å². The number of benzene rings is 1. The van der Waals surface area contributed by atoms with Crippen molar-refractivity contribution in [3.8, 4) is 0 Å². The fraction of sp³-hybridized carbons (Fsp3) is 0.609. The molecule has 0 bridgehead atoms. The van der Waals surface area contributed by atoms with Gasteiger partial charge in [0.05, 0.1) is 18.2 Å². The van der Waals surface area contributed by atoms with Gasteiger partial charge >= 0.3 is 0 Å². The Morgan fingerprint density at radius 1 is 1.37 bits per heavy atom. The average Bonchev–Trinajstić information content (AvgIpc) is 3.14. The molecule has 6 nitrogen and oxygen atoms in total. The Hall–Kier alpha value is -1.54. The van der Waals surface area contributed by atoms with E-state index in [2.05, 4.69) is 46.3 Å². The number of hydrogen-bond acceptors (Lipinski definition) is 6. The predicted molar refractivity (Wildman–Crippen MR) is 119 cm³/mol. The molecule has 1 aromatic carbocycles. The fourth-order valence-electron chi connectivity index (χ4n) is 5.96. The number of likely N-dealkylation sites (N-methyl/N-ethyl adjacent to an activating group) is 1. The molecule has 0 saturated carbocycles. The van der Waals surface area contributed by atoms with Crippen LogP contribution in [-0.2, 0) is 20.7 Å². The minimum Gasteiger partial charge on any atom is -0.449 e. The molecule has 0 radical (unpaired) electrons. The minimum absolute atomic E-state index is 0.147. The van der Waals surface area contributed by atoms with Crippen molar-refractivity contribution in [3.05, 3.63) is 29.3 Å². The first-order valence-electron chi connectivity index (χ1n) is 11.0. The van der Waals surface area contributed by atoms with Crippen LogP contribution in [0, 0.1) is 5.92 Å². The first-order valence-corrected chi connectivity index (χ1v) is 12.2. The molecule has 1 aliphatic carbocycles. The summed E-state index contributed by atoms with van der Waals surface area (Å²) in [6.45, 7) is 4.75. The van der Waals surface area contributed by atoms with E-state index in [0.29, 0.717) is 37.6 Å². The molecular weight excluding hydrogens is 398 g/mol. The number of rotatable bonds is 6. The molecule has 3 heterocycles. The lowest BCUT2D eigenvalue weighted by molar-refractivity contribution is -0.151. The number of hydrogen-bond donors (Lipinski definition) is 1. The molecule has 4 atom stereocenters. The van der Waals surface area contributed by atoms with Crippen LogP contribution in [0.2, 0.25) is 0 Å². The Morgan fingerprint density at radius 2 is 2.20 bits per heavy atom. The van der Waals surface area contributed by atoms with Crippen molar-refractivity contribution in [3.63, 3.8) is 0 Å². The van der Waals surface area contributed by atoms with E-state index in [0.717, 1.165) is 38.9 Å². The van der Waals surface area contributed by atoms with Crippen LogP contribution in [0.4, 0.5) is 0 Å². The number of nitrogens with one attached hydrogen (secondary N) is 1. The topological polar surface area (TPSA) is 57.8 Å². The summed E-state index contributed by atoms with van der Waals surface area (Å²) >= 11 is 1.82. The van der Waals surface area contributed by atoms with Crippen LogP contribution in [0.3, 0.4) is 0 Å².